The molecular formula is C16H23BO2. The molecule has 2 aliphatic rings. The van der Waals surface area contributed by atoms with Gasteiger partial charge in [0.05, 0.1) is 11.2 Å². The maximum Gasteiger partial charge on any atom is 0.495 e. The molecule has 1 aliphatic heterocycles. The molecule has 3 heteroatoms. The molecule has 0 N–H and O–H groups in total. The predicted octanol–water partition coefficient (Wildman–Crippen LogP) is 3.17. The second kappa shape index (κ2) is 4.10. The Morgan fingerprint density at radius 2 is 1.63 bits per heavy atom. The third kappa shape index (κ3) is 2.13. The summed E-state index contributed by atoms with van der Waals surface area (Å²) in [5.41, 5.74) is 3.50. The van der Waals surface area contributed by atoms with Crippen molar-refractivity contribution in [3.8, 4) is 0 Å². The molecule has 0 unspecified atom stereocenters. The summed E-state index contributed by atoms with van der Waals surface area (Å²) in [4.78, 5) is 0. The lowest BCUT2D eigenvalue weighted by Gasteiger charge is -2.32. The first-order valence-corrected chi connectivity index (χ1v) is 7.27. The molecule has 1 heterocycles. The molecule has 0 bridgehead atoms. The maximum absolute atomic E-state index is 6.16. The van der Waals surface area contributed by atoms with Crippen LogP contribution in [-0.2, 0) is 9.31 Å². The minimum atomic E-state index is -0.264. The van der Waals surface area contributed by atoms with Crippen molar-refractivity contribution in [1.29, 1.82) is 0 Å². The average molecular weight is 258 g/mol. The highest BCUT2D eigenvalue weighted by Gasteiger charge is 2.52. The zero-order chi connectivity index (χ0) is 13.8. The lowest BCUT2D eigenvalue weighted by Crippen LogP contribution is -2.41. The molecule has 3 rings (SSSR count). The van der Waals surface area contributed by atoms with E-state index in [0.717, 1.165) is 5.92 Å². The summed E-state index contributed by atoms with van der Waals surface area (Å²) in [7, 11) is -0.233. The Morgan fingerprint density at radius 1 is 1.05 bits per heavy atom. The third-order valence-corrected chi connectivity index (χ3v) is 4.94. The monoisotopic (exact) mass is 258 g/mol. The fourth-order valence-electron chi connectivity index (χ4n) is 2.73. The fourth-order valence-corrected chi connectivity index (χ4v) is 2.73. The van der Waals surface area contributed by atoms with Crippen LogP contribution in [0, 0.1) is 6.92 Å². The number of benzene rings is 1. The summed E-state index contributed by atoms with van der Waals surface area (Å²) in [6.07, 6.45) is 2.65. The van der Waals surface area contributed by atoms with Gasteiger partial charge < -0.3 is 9.31 Å². The van der Waals surface area contributed by atoms with Crippen molar-refractivity contribution >= 4 is 12.6 Å². The van der Waals surface area contributed by atoms with Crippen LogP contribution in [-0.4, -0.2) is 18.3 Å². The second-order valence-electron chi connectivity index (χ2n) is 6.92. The van der Waals surface area contributed by atoms with E-state index in [9.17, 15) is 0 Å². The number of hydrogen-bond acceptors (Lipinski definition) is 2. The van der Waals surface area contributed by atoms with Gasteiger partial charge in [0.2, 0.25) is 0 Å². The molecule has 1 saturated carbocycles. The van der Waals surface area contributed by atoms with Gasteiger partial charge in [-0.1, -0.05) is 18.2 Å². The predicted molar refractivity (Wildman–Crippen MR) is 78.9 cm³/mol. The van der Waals surface area contributed by atoms with Crippen molar-refractivity contribution in [2.75, 3.05) is 0 Å². The first-order chi connectivity index (χ1) is 8.82. The Labute approximate surface area is 116 Å². The van der Waals surface area contributed by atoms with Gasteiger partial charge in [-0.25, -0.2) is 0 Å². The largest absolute Gasteiger partial charge is 0.495 e. The highest BCUT2D eigenvalue weighted by Crippen LogP contribution is 2.42. The smallest absolute Gasteiger partial charge is 0.399 e. The lowest BCUT2D eigenvalue weighted by molar-refractivity contribution is 0.00578. The van der Waals surface area contributed by atoms with Gasteiger partial charge in [0.25, 0.3) is 0 Å². The molecular weight excluding hydrogens is 235 g/mol. The quantitative estimate of drug-likeness (QED) is 0.758. The van der Waals surface area contributed by atoms with Crippen molar-refractivity contribution in [2.24, 2.45) is 0 Å². The van der Waals surface area contributed by atoms with Crippen molar-refractivity contribution < 1.29 is 9.31 Å². The molecule has 102 valence electrons. The van der Waals surface area contributed by atoms with E-state index in [0.29, 0.717) is 0 Å². The summed E-state index contributed by atoms with van der Waals surface area (Å²) in [5.74, 6) is 0.766. The van der Waals surface area contributed by atoms with Crippen LogP contribution >= 0.6 is 0 Å². The van der Waals surface area contributed by atoms with E-state index >= 15 is 0 Å². The van der Waals surface area contributed by atoms with Gasteiger partial charge in [-0.15, -0.1) is 0 Å². The third-order valence-electron chi connectivity index (χ3n) is 4.94. The zero-order valence-corrected chi connectivity index (χ0v) is 12.6. The van der Waals surface area contributed by atoms with Crippen molar-refractivity contribution in [3.05, 3.63) is 29.3 Å². The van der Waals surface area contributed by atoms with Gasteiger partial charge >= 0.3 is 7.12 Å². The van der Waals surface area contributed by atoms with Crippen molar-refractivity contribution in [3.63, 3.8) is 0 Å². The molecule has 0 aromatic heterocycles. The van der Waals surface area contributed by atoms with E-state index < -0.39 is 0 Å². The van der Waals surface area contributed by atoms with Gasteiger partial charge in [-0.05, 0) is 70.0 Å². The topological polar surface area (TPSA) is 18.5 Å². The normalized spacial score (nSPS) is 24.8. The van der Waals surface area contributed by atoms with E-state index in [1.54, 1.807) is 0 Å². The van der Waals surface area contributed by atoms with Crippen molar-refractivity contribution in [1.82, 2.24) is 0 Å². The molecule has 2 fully saturated rings. The van der Waals surface area contributed by atoms with Crippen LogP contribution < -0.4 is 5.46 Å². The summed E-state index contributed by atoms with van der Waals surface area (Å²) in [5, 5.41) is 0. The highest BCUT2D eigenvalue weighted by molar-refractivity contribution is 6.62. The Balaban J connectivity index is 1.94. The molecule has 0 spiro atoms. The number of hydrogen-bond donors (Lipinski definition) is 0. The second-order valence-corrected chi connectivity index (χ2v) is 6.92. The van der Waals surface area contributed by atoms with Crippen LogP contribution in [0.4, 0.5) is 0 Å². The van der Waals surface area contributed by atoms with Gasteiger partial charge in [0.1, 0.15) is 0 Å². The SMILES string of the molecule is Cc1c(B2OC(C)(C)C(C)(C)O2)cccc1C1CC1. The van der Waals surface area contributed by atoms with E-state index in [2.05, 4.69) is 52.8 Å². The van der Waals surface area contributed by atoms with E-state index in [1.807, 2.05) is 0 Å². The first kappa shape index (κ1) is 13.2. The average Bonchev–Trinajstić information content (AvgIpc) is 3.08. The van der Waals surface area contributed by atoms with Crippen LogP contribution in [0.15, 0.2) is 18.2 Å². The lowest BCUT2D eigenvalue weighted by atomic mass is 9.74. The molecule has 2 nitrogen and oxygen atoms in total. The van der Waals surface area contributed by atoms with Crippen LogP contribution in [0.1, 0.15) is 57.6 Å². The van der Waals surface area contributed by atoms with E-state index in [1.165, 1.54) is 29.4 Å². The van der Waals surface area contributed by atoms with Gasteiger partial charge in [-0.2, -0.15) is 0 Å². The molecule has 19 heavy (non-hydrogen) atoms. The summed E-state index contributed by atoms with van der Waals surface area (Å²) < 4.78 is 12.3. The number of rotatable bonds is 2. The minimum absolute atomic E-state index is 0.233. The van der Waals surface area contributed by atoms with Crippen LogP contribution in [0.3, 0.4) is 0 Å². The molecule has 1 aromatic carbocycles. The first-order valence-electron chi connectivity index (χ1n) is 7.27. The fraction of sp³-hybridized carbons (Fsp3) is 0.625. The molecule has 1 aliphatic carbocycles. The molecule has 0 radical (unpaired) electrons. The summed E-state index contributed by atoms with van der Waals surface area (Å²) >= 11 is 0. The van der Waals surface area contributed by atoms with Crippen molar-refractivity contribution in [2.45, 2.75) is 64.6 Å². The highest BCUT2D eigenvalue weighted by atomic mass is 16.7. The molecule has 0 amide bonds. The Kier molecular flexibility index (Phi) is 2.85. The maximum atomic E-state index is 6.16. The molecule has 0 atom stereocenters. The van der Waals surface area contributed by atoms with Gasteiger partial charge in [0, 0.05) is 0 Å². The van der Waals surface area contributed by atoms with Crippen LogP contribution in [0.5, 0.6) is 0 Å². The Morgan fingerprint density at radius 3 is 2.16 bits per heavy atom. The minimum Gasteiger partial charge on any atom is -0.399 e. The van der Waals surface area contributed by atoms with E-state index in [4.69, 9.17) is 9.31 Å². The summed E-state index contributed by atoms with van der Waals surface area (Å²) in [6, 6.07) is 6.53. The molecule has 1 aromatic rings. The molecule has 1 saturated heterocycles. The standard InChI is InChI=1S/C16H23BO2/c1-11-13(12-9-10-12)7-6-8-14(11)17-18-15(2,3)16(4,5)19-17/h6-8,12H,9-10H2,1-5H3. The van der Waals surface area contributed by atoms with E-state index in [-0.39, 0.29) is 18.3 Å². The Hall–Kier alpha value is -0.795. The van der Waals surface area contributed by atoms with Crippen LogP contribution in [0.25, 0.3) is 0 Å². The zero-order valence-electron chi connectivity index (χ0n) is 12.6. The van der Waals surface area contributed by atoms with Gasteiger partial charge in [0.15, 0.2) is 0 Å². The van der Waals surface area contributed by atoms with Crippen LogP contribution in [0.2, 0.25) is 0 Å². The Bertz CT molecular complexity index is 487. The van der Waals surface area contributed by atoms with Gasteiger partial charge in [-0.3, -0.25) is 0 Å². The summed E-state index contributed by atoms with van der Waals surface area (Å²) in [6.45, 7) is 10.6.